The fourth-order valence-electron chi connectivity index (χ4n) is 3.12. The molecule has 0 unspecified atom stereocenters. The number of imidazole rings is 1. The SMILES string of the molecule is Clc1ccc2nc(CN3CCN(c4ccccc4)CC3)[nH]c2c1. The predicted molar refractivity (Wildman–Crippen MR) is 95.0 cm³/mol. The van der Waals surface area contributed by atoms with Crippen molar-refractivity contribution in [3.05, 3.63) is 59.4 Å². The largest absolute Gasteiger partial charge is 0.369 e. The van der Waals surface area contributed by atoms with Crippen LogP contribution in [0.4, 0.5) is 5.69 Å². The van der Waals surface area contributed by atoms with Crippen LogP contribution in [0.25, 0.3) is 11.0 Å². The lowest BCUT2D eigenvalue weighted by atomic mass is 10.2. The molecule has 118 valence electrons. The van der Waals surface area contributed by atoms with Gasteiger partial charge in [-0.05, 0) is 30.3 Å². The normalized spacial score (nSPS) is 16.1. The van der Waals surface area contributed by atoms with E-state index in [0.29, 0.717) is 0 Å². The van der Waals surface area contributed by atoms with Gasteiger partial charge in [0.05, 0.1) is 17.6 Å². The second-order valence-corrected chi connectivity index (χ2v) is 6.38. The number of nitrogens with zero attached hydrogens (tertiary/aromatic N) is 3. The molecule has 2 aromatic carbocycles. The summed E-state index contributed by atoms with van der Waals surface area (Å²) in [4.78, 5) is 12.9. The molecule has 1 fully saturated rings. The first-order valence-corrected chi connectivity index (χ1v) is 8.32. The second kappa shape index (κ2) is 6.22. The monoisotopic (exact) mass is 326 g/mol. The number of benzene rings is 2. The Morgan fingerprint density at radius 3 is 2.57 bits per heavy atom. The van der Waals surface area contributed by atoms with E-state index >= 15 is 0 Å². The Morgan fingerprint density at radius 2 is 1.78 bits per heavy atom. The highest BCUT2D eigenvalue weighted by atomic mass is 35.5. The number of aromatic amines is 1. The molecule has 1 aromatic heterocycles. The van der Waals surface area contributed by atoms with Gasteiger partial charge in [-0.3, -0.25) is 4.90 Å². The van der Waals surface area contributed by atoms with Crippen LogP contribution in [0.15, 0.2) is 48.5 Å². The van der Waals surface area contributed by atoms with Gasteiger partial charge in [0.1, 0.15) is 5.82 Å². The molecule has 0 aliphatic carbocycles. The average molecular weight is 327 g/mol. The quantitative estimate of drug-likeness (QED) is 0.799. The predicted octanol–water partition coefficient (Wildman–Crippen LogP) is 3.54. The van der Waals surface area contributed by atoms with Crippen LogP contribution in [0.3, 0.4) is 0 Å². The van der Waals surface area contributed by atoms with Crippen molar-refractivity contribution in [3.8, 4) is 0 Å². The van der Waals surface area contributed by atoms with Crippen molar-refractivity contribution in [2.45, 2.75) is 6.54 Å². The number of halogens is 1. The molecule has 0 radical (unpaired) electrons. The number of hydrogen-bond acceptors (Lipinski definition) is 3. The van der Waals surface area contributed by atoms with Crippen molar-refractivity contribution in [1.82, 2.24) is 14.9 Å². The van der Waals surface area contributed by atoms with Crippen LogP contribution in [0, 0.1) is 0 Å². The number of aromatic nitrogens is 2. The smallest absolute Gasteiger partial charge is 0.121 e. The van der Waals surface area contributed by atoms with E-state index in [2.05, 4.69) is 50.1 Å². The molecule has 3 aromatic rings. The van der Waals surface area contributed by atoms with Crippen LogP contribution in [-0.2, 0) is 6.54 Å². The van der Waals surface area contributed by atoms with E-state index in [4.69, 9.17) is 11.6 Å². The molecule has 23 heavy (non-hydrogen) atoms. The fraction of sp³-hybridized carbons (Fsp3) is 0.278. The van der Waals surface area contributed by atoms with Gasteiger partial charge in [-0.25, -0.2) is 4.98 Å². The van der Waals surface area contributed by atoms with Gasteiger partial charge < -0.3 is 9.88 Å². The summed E-state index contributed by atoms with van der Waals surface area (Å²) < 4.78 is 0. The van der Waals surface area contributed by atoms with Crippen LogP contribution in [0.5, 0.6) is 0 Å². The van der Waals surface area contributed by atoms with Crippen LogP contribution in [0.2, 0.25) is 5.02 Å². The van der Waals surface area contributed by atoms with Crippen molar-refractivity contribution in [2.24, 2.45) is 0 Å². The topological polar surface area (TPSA) is 35.2 Å². The molecular weight excluding hydrogens is 308 g/mol. The van der Waals surface area contributed by atoms with Crippen LogP contribution in [-0.4, -0.2) is 41.0 Å². The van der Waals surface area contributed by atoms with Crippen molar-refractivity contribution in [3.63, 3.8) is 0 Å². The summed E-state index contributed by atoms with van der Waals surface area (Å²) in [7, 11) is 0. The van der Waals surface area contributed by atoms with E-state index in [1.165, 1.54) is 5.69 Å². The minimum atomic E-state index is 0.740. The number of rotatable bonds is 3. The molecule has 1 saturated heterocycles. The molecule has 0 atom stereocenters. The van der Waals surface area contributed by atoms with E-state index in [1.807, 2.05) is 18.2 Å². The van der Waals surface area contributed by atoms with Crippen molar-refractivity contribution >= 4 is 28.3 Å². The lowest BCUT2D eigenvalue weighted by Crippen LogP contribution is -2.46. The zero-order valence-corrected chi connectivity index (χ0v) is 13.6. The van der Waals surface area contributed by atoms with Gasteiger partial charge >= 0.3 is 0 Å². The van der Waals surface area contributed by atoms with Gasteiger partial charge in [0.2, 0.25) is 0 Å². The number of hydrogen-bond donors (Lipinski definition) is 1. The summed E-state index contributed by atoms with van der Waals surface area (Å²) in [5, 5.41) is 0.740. The zero-order valence-electron chi connectivity index (χ0n) is 12.9. The molecular formula is C18H19ClN4. The summed E-state index contributed by atoms with van der Waals surface area (Å²) in [5.41, 5.74) is 3.30. The highest BCUT2D eigenvalue weighted by molar-refractivity contribution is 6.31. The number of fused-ring (bicyclic) bond motifs is 1. The van der Waals surface area contributed by atoms with E-state index in [1.54, 1.807) is 0 Å². The molecule has 0 amide bonds. The fourth-order valence-corrected chi connectivity index (χ4v) is 3.30. The first-order valence-electron chi connectivity index (χ1n) is 7.94. The molecule has 1 aliphatic heterocycles. The highest BCUT2D eigenvalue weighted by Crippen LogP contribution is 2.19. The number of H-pyrrole nitrogens is 1. The lowest BCUT2D eigenvalue weighted by Gasteiger charge is -2.35. The first-order chi connectivity index (χ1) is 11.3. The van der Waals surface area contributed by atoms with E-state index in [-0.39, 0.29) is 0 Å². The molecule has 2 heterocycles. The molecule has 1 N–H and O–H groups in total. The third kappa shape index (κ3) is 3.19. The van der Waals surface area contributed by atoms with Gasteiger partial charge in [0, 0.05) is 36.9 Å². The third-order valence-electron chi connectivity index (χ3n) is 4.36. The Kier molecular flexibility index (Phi) is 3.93. The van der Waals surface area contributed by atoms with Crippen molar-refractivity contribution in [2.75, 3.05) is 31.1 Å². The minimum Gasteiger partial charge on any atom is -0.369 e. The van der Waals surface area contributed by atoms with Gasteiger partial charge in [0.15, 0.2) is 0 Å². The van der Waals surface area contributed by atoms with E-state index in [9.17, 15) is 0 Å². The Morgan fingerprint density at radius 1 is 1.00 bits per heavy atom. The number of nitrogens with one attached hydrogen (secondary N) is 1. The number of anilines is 1. The zero-order chi connectivity index (χ0) is 15.6. The summed E-state index contributed by atoms with van der Waals surface area (Å²) in [5.74, 6) is 1.01. The Hall–Kier alpha value is -2.04. The van der Waals surface area contributed by atoms with Gasteiger partial charge in [-0.15, -0.1) is 0 Å². The van der Waals surface area contributed by atoms with Gasteiger partial charge in [0.25, 0.3) is 0 Å². The van der Waals surface area contributed by atoms with E-state index in [0.717, 1.165) is 54.6 Å². The average Bonchev–Trinajstić information content (AvgIpc) is 2.97. The molecule has 4 nitrogen and oxygen atoms in total. The molecule has 4 rings (SSSR count). The highest BCUT2D eigenvalue weighted by Gasteiger charge is 2.18. The Labute approximate surface area is 140 Å². The van der Waals surface area contributed by atoms with E-state index < -0.39 is 0 Å². The number of piperazine rings is 1. The van der Waals surface area contributed by atoms with Crippen LogP contribution < -0.4 is 4.90 Å². The first kappa shape index (κ1) is 14.5. The third-order valence-corrected chi connectivity index (χ3v) is 4.60. The lowest BCUT2D eigenvalue weighted by molar-refractivity contribution is 0.245. The van der Waals surface area contributed by atoms with Crippen molar-refractivity contribution in [1.29, 1.82) is 0 Å². The molecule has 1 aliphatic rings. The second-order valence-electron chi connectivity index (χ2n) is 5.94. The van der Waals surface area contributed by atoms with Crippen LogP contribution >= 0.6 is 11.6 Å². The summed E-state index contributed by atoms with van der Waals surface area (Å²) >= 11 is 6.03. The molecule has 0 saturated carbocycles. The molecule has 5 heteroatoms. The maximum atomic E-state index is 6.03. The Bertz CT molecular complexity index is 791. The maximum Gasteiger partial charge on any atom is 0.121 e. The standard InChI is InChI=1S/C18H19ClN4/c19-14-6-7-16-17(12-14)21-18(20-16)13-22-8-10-23(11-9-22)15-4-2-1-3-5-15/h1-7,12H,8-11,13H2,(H,20,21). The van der Waals surface area contributed by atoms with Gasteiger partial charge in [-0.1, -0.05) is 29.8 Å². The van der Waals surface area contributed by atoms with Crippen molar-refractivity contribution < 1.29 is 0 Å². The van der Waals surface area contributed by atoms with Gasteiger partial charge in [-0.2, -0.15) is 0 Å². The summed E-state index contributed by atoms with van der Waals surface area (Å²) in [6.07, 6.45) is 0. The number of para-hydroxylation sites is 1. The molecule has 0 bridgehead atoms. The molecule has 0 spiro atoms. The maximum absolute atomic E-state index is 6.03. The van der Waals surface area contributed by atoms with Crippen LogP contribution in [0.1, 0.15) is 5.82 Å². The Balaban J connectivity index is 1.40. The summed E-state index contributed by atoms with van der Waals surface area (Å²) in [6, 6.07) is 16.4. The summed E-state index contributed by atoms with van der Waals surface area (Å²) in [6.45, 7) is 5.06. The minimum absolute atomic E-state index is 0.740.